The van der Waals surface area contributed by atoms with Crippen molar-refractivity contribution in [3.8, 4) is 5.75 Å². The first-order valence-corrected chi connectivity index (χ1v) is 6.71. The van der Waals surface area contributed by atoms with Gasteiger partial charge in [0.05, 0.1) is 13.5 Å². The van der Waals surface area contributed by atoms with Gasteiger partial charge in [-0.15, -0.1) is 11.6 Å². The first-order valence-electron chi connectivity index (χ1n) is 6.17. The van der Waals surface area contributed by atoms with Gasteiger partial charge >= 0.3 is 0 Å². The van der Waals surface area contributed by atoms with Crippen LogP contribution in [-0.4, -0.2) is 24.9 Å². The Hall–Kier alpha value is -1.22. The maximum atomic E-state index is 11.9. The van der Waals surface area contributed by atoms with Gasteiger partial charge in [0.2, 0.25) is 5.91 Å². The molecule has 4 heteroatoms. The topological polar surface area (TPSA) is 38.3 Å². The predicted molar refractivity (Wildman–Crippen MR) is 74.3 cm³/mol. The normalized spacial score (nSPS) is 11.9. The van der Waals surface area contributed by atoms with Gasteiger partial charge in [0.1, 0.15) is 5.75 Å². The molecule has 18 heavy (non-hydrogen) atoms. The second-order valence-electron chi connectivity index (χ2n) is 4.18. The van der Waals surface area contributed by atoms with Crippen LogP contribution in [0, 0.1) is 0 Å². The Morgan fingerprint density at radius 3 is 2.89 bits per heavy atom. The molecule has 0 heterocycles. The molecule has 1 rings (SSSR count). The summed E-state index contributed by atoms with van der Waals surface area (Å²) < 4.78 is 5.13. The summed E-state index contributed by atoms with van der Waals surface area (Å²) in [6, 6.07) is 7.72. The van der Waals surface area contributed by atoms with E-state index in [4.69, 9.17) is 16.3 Å². The van der Waals surface area contributed by atoms with E-state index in [0.29, 0.717) is 12.3 Å². The average Bonchev–Trinajstić information content (AvgIpc) is 2.38. The van der Waals surface area contributed by atoms with Crippen LogP contribution < -0.4 is 10.1 Å². The SMILES string of the molecule is CCC(CCCl)NC(=O)Cc1cccc(OC)c1. The molecule has 0 aliphatic carbocycles. The zero-order valence-electron chi connectivity index (χ0n) is 10.9. The number of nitrogens with one attached hydrogen (secondary N) is 1. The lowest BCUT2D eigenvalue weighted by Crippen LogP contribution is -2.35. The van der Waals surface area contributed by atoms with E-state index in [2.05, 4.69) is 5.32 Å². The first kappa shape index (κ1) is 14.8. The van der Waals surface area contributed by atoms with Crippen molar-refractivity contribution in [2.75, 3.05) is 13.0 Å². The van der Waals surface area contributed by atoms with Crippen LogP contribution in [0.25, 0.3) is 0 Å². The highest BCUT2D eigenvalue weighted by Gasteiger charge is 2.10. The Morgan fingerprint density at radius 1 is 1.50 bits per heavy atom. The molecule has 0 fully saturated rings. The van der Waals surface area contributed by atoms with Crippen molar-refractivity contribution in [3.05, 3.63) is 29.8 Å². The second kappa shape index (κ2) is 7.98. The fraction of sp³-hybridized carbons (Fsp3) is 0.500. The molecule has 1 aromatic carbocycles. The number of rotatable bonds is 7. The second-order valence-corrected chi connectivity index (χ2v) is 4.56. The molecule has 0 saturated heterocycles. The van der Waals surface area contributed by atoms with Crippen LogP contribution in [0.5, 0.6) is 5.75 Å². The third-order valence-electron chi connectivity index (χ3n) is 2.81. The summed E-state index contributed by atoms with van der Waals surface area (Å²) in [4.78, 5) is 11.9. The van der Waals surface area contributed by atoms with Gasteiger partial charge in [0.15, 0.2) is 0 Å². The zero-order chi connectivity index (χ0) is 13.4. The summed E-state index contributed by atoms with van der Waals surface area (Å²) in [5.41, 5.74) is 0.951. The number of ether oxygens (including phenoxy) is 1. The predicted octanol–water partition coefficient (Wildman–Crippen LogP) is 2.76. The molecule has 1 aromatic rings. The molecule has 1 N–H and O–H groups in total. The van der Waals surface area contributed by atoms with Gasteiger partial charge in [-0.1, -0.05) is 19.1 Å². The van der Waals surface area contributed by atoms with Crippen molar-refractivity contribution in [2.45, 2.75) is 32.2 Å². The Labute approximate surface area is 113 Å². The lowest BCUT2D eigenvalue weighted by Gasteiger charge is -2.15. The Morgan fingerprint density at radius 2 is 2.28 bits per heavy atom. The third-order valence-corrected chi connectivity index (χ3v) is 3.03. The molecule has 0 aliphatic rings. The van der Waals surface area contributed by atoms with Crippen molar-refractivity contribution in [3.63, 3.8) is 0 Å². The van der Waals surface area contributed by atoms with Crippen molar-refractivity contribution in [2.24, 2.45) is 0 Å². The minimum absolute atomic E-state index is 0.0280. The Balaban J connectivity index is 2.52. The third kappa shape index (κ3) is 4.96. The summed E-state index contributed by atoms with van der Waals surface area (Å²) in [6.07, 6.45) is 2.08. The standard InChI is InChI=1S/C14H20ClNO2/c1-3-12(7-8-15)16-14(17)10-11-5-4-6-13(9-11)18-2/h4-6,9,12H,3,7-8,10H2,1-2H3,(H,16,17). The van der Waals surface area contributed by atoms with Crippen LogP contribution >= 0.6 is 11.6 Å². The lowest BCUT2D eigenvalue weighted by atomic mass is 10.1. The van der Waals surface area contributed by atoms with E-state index in [-0.39, 0.29) is 11.9 Å². The number of alkyl halides is 1. The van der Waals surface area contributed by atoms with Crippen molar-refractivity contribution >= 4 is 17.5 Å². The van der Waals surface area contributed by atoms with E-state index in [1.54, 1.807) is 7.11 Å². The van der Waals surface area contributed by atoms with Crippen LogP contribution in [0.15, 0.2) is 24.3 Å². The minimum atomic E-state index is 0.0280. The maximum absolute atomic E-state index is 11.9. The molecule has 0 spiro atoms. The van der Waals surface area contributed by atoms with E-state index >= 15 is 0 Å². The first-order chi connectivity index (χ1) is 8.69. The summed E-state index contributed by atoms with van der Waals surface area (Å²) >= 11 is 5.69. The summed E-state index contributed by atoms with van der Waals surface area (Å²) in [6.45, 7) is 2.04. The largest absolute Gasteiger partial charge is 0.497 e. The summed E-state index contributed by atoms with van der Waals surface area (Å²) in [7, 11) is 1.62. The van der Waals surface area contributed by atoms with Crippen LogP contribution in [0.2, 0.25) is 0 Å². The number of carbonyl (C=O) groups is 1. The molecule has 1 unspecified atom stereocenters. The van der Waals surface area contributed by atoms with Gasteiger partial charge in [-0.3, -0.25) is 4.79 Å². The van der Waals surface area contributed by atoms with Gasteiger partial charge in [-0.25, -0.2) is 0 Å². The molecule has 3 nitrogen and oxygen atoms in total. The molecule has 1 amide bonds. The van der Waals surface area contributed by atoms with Gasteiger partial charge in [-0.05, 0) is 30.5 Å². The number of methoxy groups -OCH3 is 1. The average molecular weight is 270 g/mol. The fourth-order valence-electron chi connectivity index (χ4n) is 1.76. The monoisotopic (exact) mass is 269 g/mol. The van der Waals surface area contributed by atoms with Gasteiger partial charge in [-0.2, -0.15) is 0 Å². The lowest BCUT2D eigenvalue weighted by molar-refractivity contribution is -0.121. The fourth-order valence-corrected chi connectivity index (χ4v) is 2.02. The minimum Gasteiger partial charge on any atom is -0.497 e. The Bertz CT molecular complexity index is 382. The summed E-state index contributed by atoms with van der Waals surface area (Å²) in [5, 5.41) is 2.99. The Kier molecular flexibility index (Phi) is 6.58. The van der Waals surface area contributed by atoms with Gasteiger partial charge in [0.25, 0.3) is 0 Å². The highest BCUT2D eigenvalue weighted by molar-refractivity contribution is 6.17. The number of amides is 1. The quantitative estimate of drug-likeness (QED) is 0.773. The number of benzene rings is 1. The number of halogens is 1. The maximum Gasteiger partial charge on any atom is 0.224 e. The molecule has 100 valence electrons. The molecule has 0 aromatic heterocycles. The molecule has 0 bridgehead atoms. The molecule has 1 atom stereocenters. The van der Waals surface area contributed by atoms with E-state index < -0.39 is 0 Å². The van der Waals surface area contributed by atoms with Gasteiger partial charge < -0.3 is 10.1 Å². The van der Waals surface area contributed by atoms with Gasteiger partial charge in [0, 0.05) is 11.9 Å². The van der Waals surface area contributed by atoms with E-state index in [9.17, 15) is 4.79 Å². The molecular weight excluding hydrogens is 250 g/mol. The molecule has 0 radical (unpaired) electrons. The highest BCUT2D eigenvalue weighted by Crippen LogP contribution is 2.13. The van der Waals surface area contributed by atoms with Crippen molar-refractivity contribution in [1.29, 1.82) is 0 Å². The molecule has 0 aliphatic heterocycles. The van der Waals surface area contributed by atoms with Crippen molar-refractivity contribution < 1.29 is 9.53 Å². The number of carbonyl (C=O) groups excluding carboxylic acids is 1. The smallest absolute Gasteiger partial charge is 0.224 e. The molecular formula is C14H20ClNO2. The van der Waals surface area contributed by atoms with E-state index in [0.717, 1.165) is 24.2 Å². The van der Waals surface area contributed by atoms with E-state index in [1.165, 1.54) is 0 Å². The van der Waals surface area contributed by atoms with Crippen molar-refractivity contribution in [1.82, 2.24) is 5.32 Å². The van der Waals surface area contributed by atoms with Crippen LogP contribution in [-0.2, 0) is 11.2 Å². The van der Waals surface area contributed by atoms with Crippen LogP contribution in [0.1, 0.15) is 25.3 Å². The zero-order valence-corrected chi connectivity index (χ0v) is 11.7. The number of hydrogen-bond acceptors (Lipinski definition) is 2. The number of hydrogen-bond donors (Lipinski definition) is 1. The summed E-state index contributed by atoms with van der Waals surface area (Å²) in [5.74, 6) is 1.37. The van der Waals surface area contributed by atoms with E-state index in [1.807, 2.05) is 31.2 Å². The van der Waals surface area contributed by atoms with Crippen LogP contribution in [0.3, 0.4) is 0 Å². The highest BCUT2D eigenvalue weighted by atomic mass is 35.5. The molecule has 0 saturated carbocycles. The van der Waals surface area contributed by atoms with Crippen LogP contribution in [0.4, 0.5) is 0 Å².